The van der Waals surface area contributed by atoms with Crippen molar-refractivity contribution >= 4 is 5.91 Å². The molecule has 0 aromatic rings. The molecule has 1 aliphatic heterocycles. The summed E-state index contributed by atoms with van der Waals surface area (Å²) in [4.78, 5) is 16.1. The molecule has 5 heteroatoms. The molecule has 5 nitrogen and oxygen atoms in total. The van der Waals surface area contributed by atoms with E-state index in [1.165, 1.54) is 0 Å². The third-order valence-electron chi connectivity index (χ3n) is 4.07. The van der Waals surface area contributed by atoms with Crippen molar-refractivity contribution < 1.29 is 4.79 Å². The highest BCUT2D eigenvalue weighted by Gasteiger charge is 2.42. The van der Waals surface area contributed by atoms with E-state index in [2.05, 4.69) is 16.8 Å². The molecule has 0 aromatic carbocycles. The second kappa shape index (κ2) is 4.31. The molecule has 1 aliphatic carbocycles. The quantitative estimate of drug-likeness (QED) is 0.631. The highest BCUT2D eigenvalue weighted by Crippen LogP contribution is 2.31. The molecule has 1 heterocycles. The van der Waals surface area contributed by atoms with Gasteiger partial charge in [0, 0.05) is 32.2 Å². The van der Waals surface area contributed by atoms with Gasteiger partial charge in [0.1, 0.15) is 0 Å². The van der Waals surface area contributed by atoms with Crippen LogP contribution in [0.15, 0.2) is 0 Å². The Morgan fingerprint density at radius 3 is 2.44 bits per heavy atom. The molecule has 1 saturated heterocycles. The highest BCUT2D eigenvalue weighted by atomic mass is 16.1. The van der Waals surface area contributed by atoms with Crippen LogP contribution in [0.25, 0.3) is 0 Å². The van der Waals surface area contributed by atoms with Crippen LogP contribution in [-0.2, 0) is 4.79 Å². The molecule has 16 heavy (non-hydrogen) atoms. The molecule has 4 N–H and O–H groups in total. The molecule has 92 valence electrons. The average Bonchev–Trinajstić information content (AvgIpc) is 2.63. The Labute approximate surface area is 96.7 Å². The smallest absolute Gasteiger partial charge is 0.237 e. The van der Waals surface area contributed by atoms with Gasteiger partial charge in [-0.25, -0.2) is 0 Å². The molecule has 0 bridgehead atoms. The first-order chi connectivity index (χ1) is 7.51. The van der Waals surface area contributed by atoms with E-state index in [-0.39, 0.29) is 5.91 Å². The molecule has 0 spiro atoms. The standard InChI is InChI=1S/C11H22N4O/c1-14-4-6-15(7-5-14)9-2-3-11(13,8-9)10(12)16/h9H,2-8,13H2,1H3,(H2,12,16). The minimum atomic E-state index is -0.756. The zero-order valence-electron chi connectivity index (χ0n) is 9.98. The Kier molecular flexibility index (Phi) is 3.19. The van der Waals surface area contributed by atoms with Gasteiger partial charge in [-0.3, -0.25) is 9.69 Å². The fourth-order valence-electron chi connectivity index (χ4n) is 2.77. The molecule has 1 saturated carbocycles. The van der Waals surface area contributed by atoms with Crippen LogP contribution in [0.3, 0.4) is 0 Å². The number of primary amides is 1. The number of hydrogen-bond acceptors (Lipinski definition) is 4. The fourth-order valence-corrected chi connectivity index (χ4v) is 2.77. The van der Waals surface area contributed by atoms with E-state index in [4.69, 9.17) is 11.5 Å². The van der Waals surface area contributed by atoms with Gasteiger partial charge in [-0.1, -0.05) is 0 Å². The maximum absolute atomic E-state index is 11.3. The molecule has 2 rings (SSSR count). The number of carbonyl (C=O) groups is 1. The molecular weight excluding hydrogens is 204 g/mol. The van der Waals surface area contributed by atoms with Crippen LogP contribution >= 0.6 is 0 Å². The van der Waals surface area contributed by atoms with Crippen molar-refractivity contribution in [2.24, 2.45) is 11.5 Å². The van der Waals surface area contributed by atoms with Gasteiger partial charge in [-0.05, 0) is 26.3 Å². The number of nitrogens with two attached hydrogens (primary N) is 2. The lowest BCUT2D eigenvalue weighted by atomic mass is 9.98. The largest absolute Gasteiger partial charge is 0.368 e. The average molecular weight is 226 g/mol. The summed E-state index contributed by atoms with van der Waals surface area (Å²) in [5.41, 5.74) is 10.6. The summed E-state index contributed by atoms with van der Waals surface area (Å²) in [6.07, 6.45) is 2.47. The summed E-state index contributed by atoms with van der Waals surface area (Å²) >= 11 is 0. The summed E-state index contributed by atoms with van der Waals surface area (Å²) in [5.74, 6) is -0.343. The van der Waals surface area contributed by atoms with Crippen LogP contribution in [0.4, 0.5) is 0 Å². The third-order valence-corrected chi connectivity index (χ3v) is 4.07. The summed E-state index contributed by atoms with van der Waals surface area (Å²) in [6.45, 7) is 4.36. The number of amides is 1. The molecule has 1 amide bonds. The van der Waals surface area contributed by atoms with Crippen LogP contribution in [0.1, 0.15) is 19.3 Å². The molecule has 2 aliphatic rings. The summed E-state index contributed by atoms with van der Waals surface area (Å²) in [5, 5.41) is 0. The van der Waals surface area contributed by atoms with Crippen molar-refractivity contribution in [3.63, 3.8) is 0 Å². The van der Waals surface area contributed by atoms with E-state index >= 15 is 0 Å². The Balaban J connectivity index is 1.91. The van der Waals surface area contributed by atoms with Crippen LogP contribution in [0.5, 0.6) is 0 Å². The second-order valence-corrected chi connectivity index (χ2v) is 5.26. The maximum atomic E-state index is 11.3. The van der Waals surface area contributed by atoms with Crippen molar-refractivity contribution in [1.82, 2.24) is 9.80 Å². The number of hydrogen-bond donors (Lipinski definition) is 2. The van der Waals surface area contributed by atoms with Crippen molar-refractivity contribution in [3.05, 3.63) is 0 Å². The van der Waals surface area contributed by atoms with Crippen molar-refractivity contribution in [2.75, 3.05) is 33.2 Å². The number of nitrogens with zero attached hydrogens (tertiary/aromatic N) is 2. The highest BCUT2D eigenvalue weighted by molar-refractivity contribution is 5.84. The van der Waals surface area contributed by atoms with Gasteiger partial charge >= 0.3 is 0 Å². The van der Waals surface area contributed by atoms with Gasteiger partial charge in [0.2, 0.25) is 5.91 Å². The predicted octanol–water partition coefficient (Wildman–Crippen LogP) is -1.03. The molecule has 2 fully saturated rings. The Morgan fingerprint density at radius 2 is 1.94 bits per heavy atom. The first-order valence-corrected chi connectivity index (χ1v) is 6.03. The predicted molar refractivity (Wildman–Crippen MR) is 62.8 cm³/mol. The van der Waals surface area contributed by atoms with Gasteiger partial charge < -0.3 is 16.4 Å². The molecular formula is C11H22N4O. The second-order valence-electron chi connectivity index (χ2n) is 5.26. The number of carbonyl (C=O) groups excluding carboxylic acids is 1. The number of piperazine rings is 1. The van der Waals surface area contributed by atoms with Gasteiger partial charge in [0.25, 0.3) is 0 Å². The van der Waals surface area contributed by atoms with Crippen LogP contribution < -0.4 is 11.5 Å². The minimum Gasteiger partial charge on any atom is -0.368 e. The summed E-state index contributed by atoms with van der Waals surface area (Å²) in [7, 11) is 2.14. The van der Waals surface area contributed by atoms with Gasteiger partial charge in [-0.2, -0.15) is 0 Å². The van der Waals surface area contributed by atoms with E-state index in [1.807, 2.05) is 0 Å². The van der Waals surface area contributed by atoms with E-state index in [9.17, 15) is 4.79 Å². The van der Waals surface area contributed by atoms with Gasteiger partial charge in [-0.15, -0.1) is 0 Å². The number of likely N-dealkylation sites (N-methyl/N-ethyl adjacent to an activating group) is 1. The monoisotopic (exact) mass is 226 g/mol. The van der Waals surface area contributed by atoms with Crippen molar-refractivity contribution in [2.45, 2.75) is 30.8 Å². The van der Waals surface area contributed by atoms with Crippen LogP contribution in [-0.4, -0.2) is 60.5 Å². The van der Waals surface area contributed by atoms with E-state index in [1.54, 1.807) is 0 Å². The topological polar surface area (TPSA) is 75.6 Å². The lowest BCUT2D eigenvalue weighted by Gasteiger charge is -2.36. The van der Waals surface area contributed by atoms with E-state index in [0.717, 1.165) is 45.4 Å². The maximum Gasteiger partial charge on any atom is 0.237 e. The van der Waals surface area contributed by atoms with Gasteiger partial charge in [0.05, 0.1) is 5.54 Å². The molecule has 0 aromatic heterocycles. The molecule has 2 atom stereocenters. The number of rotatable bonds is 2. The summed E-state index contributed by atoms with van der Waals surface area (Å²) < 4.78 is 0. The normalized spacial score (nSPS) is 37.8. The van der Waals surface area contributed by atoms with Crippen LogP contribution in [0.2, 0.25) is 0 Å². The first-order valence-electron chi connectivity index (χ1n) is 6.03. The van der Waals surface area contributed by atoms with E-state index in [0.29, 0.717) is 6.04 Å². The van der Waals surface area contributed by atoms with Gasteiger partial charge in [0.15, 0.2) is 0 Å². The van der Waals surface area contributed by atoms with Crippen molar-refractivity contribution in [1.29, 1.82) is 0 Å². The zero-order chi connectivity index (χ0) is 11.8. The summed E-state index contributed by atoms with van der Waals surface area (Å²) in [6, 6.07) is 0.450. The van der Waals surface area contributed by atoms with Crippen molar-refractivity contribution in [3.8, 4) is 0 Å². The first kappa shape index (κ1) is 11.8. The van der Waals surface area contributed by atoms with Crippen LogP contribution in [0, 0.1) is 0 Å². The Bertz CT molecular complexity index is 275. The minimum absolute atomic E-state index is 0.343. The fraction of sp³-hybridized carbons (Fsp3) is 0.909. The third kappa shape index (κ3) is 2.21. The Morgan fingerprint density at radius 1 is 1.31 bits per heavy atom. The SMILES string of the molecule is CN1CCN(C2CCC(N)(C(N)=O)C2)CC1. The lowest BCUT2D eigenvalue weighted by molar-refractivity contribution is -0.123. The molecule has 0 radical (unpaired) electrons. The lowest BCUT2D eigenvalue weighted by Crippen LogP contribution is -2.53. The Hall–Kier alpha value is -0.650. The van der Waals surface area contributed by atoms with E-state index < -0.39 is 5.54 Å². The zero-order valence-corrected chi connectivity index (χ0v) is 9.98. The molecule has 2 unspecified atom stereocenters.